The number of benzene rings is 1. The van der Waals surface area contributed by atoms with Gasteiger partial charge in [0.05, 0.1) is 11.6 Å². The van der Waals surface area contributed by atoms with Crippen LogP contribution in [-0.2, 0) is 11.2 Å². The Morgan fingerprint density at radius 2 is 2.00 bits per heavy atom. The van der Waals surface area contributed by atoms with Crippen LogP contribution in [-0.4, -0.2) is 29.5 Å². The molecule has 0 aliphatic carbocycles. The monoisotopic (exact) mass is 401 g/mol. The molecule has 0 aliphatic rings. The van der Waals surface area contributed by atoms with Crippen molar-refractivity contribution in [2.75, 3.05) is 19.0 Å². The highest BCUT2D eigenvalue weighted by Gasteiger charge is 2.08. The van der Waals surface area contributed by atoms with Gasteiger partial charge in [0.2, 0.25) is 5.95 Å². The highest BCUT2D eigenvalue weighted by Crippen LogP contribution is 2.11. The third-order valence-corrected chi connectivity index (χ3v) is 3.60. The average molecular weight is 402 g/mol. The SMILES string of the molecule is COc1ccc(CCNC(=O)/C(C#N)=C\Nc2ncc(Br)cn2)cc1. The topological polar surface area (TPSA) is 99.9 Å². The van der Waals surface area contributed by atoms with E-state index in [4.69, 9.17) is 10.00 Å². The van der Waals surface area contributed by atoms with E-state index in [-0.39, 0.29) is 5.57 Å². The van der Waals surface area contributed by atoms with E-state index in [1.165, 1.54) is 6.20 Å². The maximum absolute atomic E-state index is 12.0. The summed E-state index contributed by atoms with van der Waals surface area (Å²) in [6, 6.07) is 9.43. The first-order valence-electron chi connectivity index (χ1n) is 7.38. The van der Waals surface area contributed by atoms with Crippen LogP contribution >= 0.6 is 15.9 Å². The molecule has 0 fully saturated rings. The molecule has 8 heteroatoms. The Balaban J connectivity index is 1.85. The summed E-state index contributed by atoms with van der Waals surface area (Å²) < 4.78 is 5.83. The number of nitrogens with zero attached hydrogens (tertiary/aromatic N) is 3. The summed E-state index contributed by atoms with van der Waals surface area (Å²) in [5.41, 5.74) is 1.01. The average Bonchev–Trinajstić information content (AvgIpc) is 2.64. The summed E-state index contributed by atoms with van der Waals surface area (Å²) in [4.78, 5) is 20.0. The fraction of sp³-hybridized carbons (Fsp3) is 0.176. The van der Waals surface area contributed by atoms with Crippen LogP contribution in [0.5, 0.6) is 5.75 Å². The van der Waals surface area contributed by atoms with Crippen molar-refractivity contribution in [1.82, 2.24) is 15.3 Å². The van der Waals surface area contributed by atoms with Crippen molar-refractivity contribution in [3.8, 4) is 11.8 Å². The Morgan fingerprint density at radius 3 is 2.60 bits per heavy atom. The van der Waals surface area contributed by atoms with Crippen LogP contribution in [0.15, 0.2) is 52.9 Å². The zero-order valence-electron chi connectivity index (χ0n) is 13.5. The zero-order chi connectivity index (χ0) is 18.1. The molecule has 2 rings (SSSR count). The van der Waals surface area contributed by atoms with Crippen molar-refractivity contribution in [3.63, 3.8) is 0 Å². The van der Waals surface area contributed by atoms with Crippen LogP contribution in [0.2, 0.25) is 0 Å². The molecule has 0 aliphatic heterocycles. The predicted molar refractivity (Wildman–Crippen MR) is 96.8 cm³/mol. The molecule has 0 radical (unpaired) electrons. The van der Waals surface area contributed by atoms with Crippen LogP contribution in [0.4, 0.5) is 5.95 Å². The van der Waals surface area contributed by atoms with Gasteiger partial charge in [-0.05, 0) is 40.0 Å². The summed E-state index contributed by atoms with van der Waals surface area (Å²) in [6.45, 7) is 0.416. The number of anilines is 1. The van der Waals surface area contributed by atoms with Crippen LogP contribution < -0.4 is 15.4 Å². The van der Waals surface area contributed by atoms with E-state index in [9.17, 15) is 4.79 Å². The van der Waals surface area contributed by atoms with Crippen LogP contribution in [0, 0.1) is 11.3 Å². The van der Waals surface area contributed by atoms with Crippen molar-refractivity contribution in [3.05, 3.63) is 58.5 Å². The van der Waals surface area contributed by atoms with Gasteiger partial charge in [0, 0.05) is 25.1 Å². The Bertz CT molecular complexity index is 782. The number of methoxy groups -OCH3 is 1. The number of amides is 1. The molecule has 7 nitrogen and oxygen atoms in total. The number of hydrogen-bond donors (Lipinski definition) is 2. The Morgan fingerprint density at radius 1 is 1.32 bits per heavy atom. The van der Waals surface area contributed by atoms with Gasteiger partial charge in [-0.1, -0.05) is 12.1 Å². The first-order valence-corrected chi connectivity index (χ1v) is 8.17. The lowest BCUT2D eigenvalue weighted by Gasteiger charge is -2.06. The van der Waals surface area contributed by atoms with Gasteiger partial charge < -0.3 is 15.4 Å². The number of carbonyl (C=O) groups excluding carboxylic acids is 1. The van der Waals surface area contributed by atoms with Crippen molar-refractivity contribution in [2.24, 2.45) is 0 Å². The zero-order valence-corrected chi connectivity index (χ0v) is 15.1. The highest BCUT2D eigenvalue weighted by molar-refractivity contribution is 9.10. The molecular weight excluding hydrogens is 386 g/mol. The second kappa shape index (κ2) is 9.39. The quantitative estimate of drug-likeness (QED) is 0.545. The van der Waals surface area contributed by atoms with Crippen molar-refractivity contribution < 1.29 is 9.53 Å². The first kappa shape index (κ1) is 18.4. The number of ether oxygens (including phenoxy) is 1. The number of hydrogen-bond acceptors (Lipinski definition) is 6. The summed E-state index contributed by atoms with van der Waals surface area (Å²) in [6.07, 6.45) is 5.05. The molecule has 1 amide bonds. The van der Waals surface area contributed by atoms with Crippen molar-refractivity contribution in [1.29, 1.82) is 5.26 Å². The summed E-state index contributed by atoms with van der Waals surface area (Å²) in [7, 11) is 1.61. The van der Waals surface area contributed by atoms with Gasteiger partial charge in [0.15, 0.2) is 0 Å². The number of nitriles is 1. The van der Waals surface area contributed by atoms with Gasteiger partial charge >= 0.3 is 0 Å². The van der Waals surface area contributed by atoms with E-state index in [0.29, 0.717) is 18.9 Å². The Labute approximate surface area is 153 Å². The number of rotatable bonds is 7. The third-order valence-electron chi connectivity index (χ3n) is 3.19. The molecule has 0 saturated carbocycles. The fourth-order valence-electron chi connectivity index (χ4n) is 1.88. The van der Waals surface area contributed by atoms with Crippen LogP contribution in [0.3, 0.4) is 0 Å². The smallest absolute Gasteiger partial charge is 0.263 e. The minimum absolute atomic E-state index is 0.0544. The lowest BCUT2D eigenvalue weighted by atomic mass is 10.1. The Hall–Kier alpha value is -2.92. The molecule has 1 aromatic carbocycles. The van der Waals surface area contributed by atoms with E-state index in [2.05, 4.69) is 36.5 Å². The molecule has 2 aromatic rings. The number of nitrogens with one attached hydrogen (secondary N) is 2. The van der Waals surface area contributed by atoms with Gasteiger partial charge in [0.25, 0.3) is 5.91 Å². The van der Waals surface area contributed by atoms with Gasteiger partial charge in [-0.3, -0.25) is 4.79 Å². The normalized spacial score (nSPS) is 10.7. The lowest BCUT2D eigenvalue weighted by Crippen LogP contribution is -2.27. The van der Waals surface area contributed by atoms with E-state index in [0.717, 1.165) is 15.8 Å². The maximum Gasteiger partial charge on any atom is 0.263 e. The van der Waals surface area contributed by atoms with Crippen LogP contribution in [0.1, 0.15) is 5.56 Å². The molecule has 2 N–H and O–H groups in total. The molecule has 0 spiro atoms. The van der Waals surface area contributed by atoms with E-state index in [1.54, 1.807) is 19.5 Å². The number of halogens is 1. The molecule has 0 bridgehead atoms. The summed E-state index contributed by atoms with van der Waals surface area (Å²) >= 11 is 3.23. The fourth-order valence-corrected chi connectivity index (χ4v) is 2.08. The summed E-state index contributed by atoms with van der Waals surface area (Å²) in [5, 5.41) is 14.5. The minimum Gasteiger partial charge on any atom is -0.497 e. The van der Waals surface area contributed by atoms with E-state index < -0.39 is 5.91 Å². The third kappa shape index (κ3) is 5.90. The van der Waals surface area contributed by atoms with Gasteiger partial charge in [-0.15, -0.1) is 0 Å². The maximum atomic E-state index is 12.0. The van der Waals surface area contributed by atoms with Gasteiger partial charge in [-0.2, -0.15) is 5.26 Å². The van der Waals surface area contributed by atoms with Gasteiger partial charge in [0.1, 0.15) is 17.4 Å². The second-order valence-electron chi connectivity index (χ2n) is 4.89. The van der Waals surface area contributed by atoms with Crippen LogP contribution in [0.25, 0.3) is 0 Å². The van der Waals surface area contributed by atoms with Crippen molar-refractivity contribution >= 4 is 27.8 Å². The second-order valence-corrected chi connectivity index (χ2v) is 5.81. The molecule has 0 saturated heterocycles. The standard InChI is InChI=1S/C17H16BrN5O2/c1-25-15-4-2-12(3-5-15)6-7-20-16(24)13(8-19)9-21-17-22-10-14(18)11-23-17/h2-5,9-11H,6-7H2,1H3,(H,20,24)(H,21,22,23)/b13-9-. The molecular formula is C17H16BrN5O2. The number of carbonyl (C=O) groups is 1. The number of aromatic nitrogens is 2. The highest BCUT2D eigenvalue weighted by atomic mass is 79.9. The molecule has 1 heterocycles. The lowest BCUT2D eigenvalue weighted by molar-refractivity contribution is -0.117. The van der Waals surface area contributed by atoms with Crippen molar-refractivity contribution in [2.45, 2.75) is 6.42 Å². The van der Waals surface area contributed by atoms with E-state index in [1.807, 2.05) is 30.3 Å². The van der Waals surface area contributed by atoms with Gasteiger partial charge in [-0.25, -0.2) is 9.97 Å². The molecule has 128 valence electrons. The first-order chi connectivity index (χ1) is 12.1. The predicted octanol–water partition coefficient (Wildman–Crippen LogP) is 2.43. The van der Waals surface area contributed by atoms with E-state index >= 15 is 0 Å². The summed E-state index contributed by atoms with van der Waals surface area (Å²) in [5.74, 6) is 0.617. The molecule has 0 unspecified atom stereocenters. The Kier molecular flexibility index (Phi) is 6.92. The molecule has 0 atom stereocenters. The molecule has 1 aromatic heterocycles. The largest absolute Gasteiger partial charge is 0.497 e. The molecule has 25 heavy (non-hydrogen) atoms. The minimum atomic E-state index is -0.458.